The van der Waals surface area contributed by atoms with Gasteiger partial charge in [0.1, 0.15) is 17.6 Å². The van der Waals surface area contributed by atoms with Gasteiger partial charge in [-0.2, -0.15) is 4.68 Å². The Kier molecular flexibility index (Phi) is 8.82. The van der Waals surface area contributed by atoms with Crippen molar-refractivity contribution in [3.8, 4) is 17.3 Å². The van der Waals surface area contributed by atoms with Crippen molar-refractivity contribution in [1.82, 2.24) is 19.7 Å². The molecule has 0 saturated heterocycles. The van der Waals surface area contributed by atoms with Crippen LogP contribution in [0, 0.1) is 11.2 Å². The molecule has 41 heavy (non-hydrogen) atoms. The maximum Gasteiger partial charge on any atom is 0.349 e. The highest BCUT2D eigenvalue weighted by Crippen LogP contribution is 2.35. The van der Waals surface area contributed by atoms with Gasteiger partial charge in [0.25, 0.3) is 0 Å². The summed E-state index contributed by atoms with van der Waals surface area (Å²) in [5, 5.41) is 15.2. The molecule has 1 atom stereocenters. The zero-order chi connectivity index (χ0) is 29.5. The number of aromatic nitrogens is 4. The summed E-state index contributed by atoms with van der Waals surface area (Å²) >= 11 is 0. The van der Waals surface area contributed by atoms with E-state index in [0.29, 0.717) is 17.7 Å². The fraction of sp³-hybridized carbons (Fsp3) is 0.222. The highest BCUT2D eigenvalue weighted by Gasteiger charge is 2.27. The largest absolute Gasteiger partial charge is 0.497 e. The molecule has 0 radical (unpaired) electrons. The number of esters is 1. The van der Waals surface area contributed by atoms with E-state index in [1.54, 1.807) is 36.4 Å². The minimum atomic E-state index is -1.06. The number of amidine groups is 1. The van der Waals surface area contributed by atoms with E-state index in [0.717, 1.165) is 4.68 Å². The minimum Gasteiger partial charge on any atom is -0.497 e. The van der Waals surface area contributed by atoms with Gasteiger partial charge in [-0.1, -0.05) is 0 Å². The summed E-state index contributed by atoms with van der Waals surface area (Å²) in [6.07, 6.45) is 1.80. The molecule has 2 aromatic heterocycles. The number of aromatic amines is 1. The van der Waals surface area contributed by atoms with Crippen molar-refractivity contribution in [2.24, 2.45) is 5.73 Å². The van der Waals surface area contributed by atoms with Crippen molar-refractivity contribution >= 4 is 23.2 Å². The third-order valence-electron chi connectivity index (χ3n) is 5.87. The van der Waals surface area contributed by atoms with Crippen LogP contribution in [0.15, 0.2) is 59.5 Å². The van der Waals surface area contributed by atoms with Crippen LogP contribution in [-0.4, -0.2) is 51.9 Å². The first-order valence-electron chi connectivity index (χ1n) is 12.4. The molecule has 7 N–H and O–H groups in total. The van der Waals surface area contributed by atoms with Crippen LogP contribution in [-0.2, 0) is 9.53 Å². The molecule has 14 heteroatoms. The molecule has 0 aliphatic carbocycles. The predicted molar refractivity (Wildman–Crippen MR) is 149 cm³/mol. The van der Waals surface area contributed by atoms with Gasteiger partial charge in [-0.3, -0.25) is 15.2 Å². The second-order valence-electron chi connectivity index (χ2n) is 8.78. The molecule has 0 amide bonds. The molecule has 0 saturated carbocycles. The first-order valence-corrected chi connectivity index (χ1v) is 12.4. The number of H-pyrrole nitrogens is 1. The van der Waals surface area contributed by atoms with Crippen molar-refractivity contribution < 1.29 is 23.4 Å². The molecule has 4 rings (SSSR count). The number of carbonyl (C=O) groups excluding carboxylic acids is 1. The van der Waals surface area contributed by atoms with E-state index in [9.17, 15) is 9.59 Å². The maximum atomic E-state index is 16.0. The zero-order valence-corrected chi connectivity index (χ0v) is 22.3. The lowest BCUT2D eigenvalue weighted by molar-refractivity contribution is -0.141. The molecule has 214 valence electrons. The van der Waals surface area contributed by atoms with E-state index in [1.807, 2.05) is 0 Å². The number of methoxy groups -OCH3 is 1. The number of nitrogens with zero attached hydrogens (tertiary/aromatic N) is 3. The highest BCUT2D eigenvalue weighted by atomic mass is 19.1. The number of rotatable bonds is 12. The van der Waals surface area contributed by atoms with E-state index >= 15 is 4.39 Å². The Morgan fingerprint density at radius 3 is 2.63 bits per heavy atom. The topological polar surface area (TPSA) is 196 Å². The first kappa shape index (κ1) is 28.6. The number of nitrogen functional groups attached to an aromatic ring is 2. The average molecular weight is 565 g/mol. The number of nitrogens with one attached hydrogen (secondary N) is 3. The van der Waals surface area contributed by atoms with Crippen LogP contribution in [0.4, 0.5) is 15.8 Å². The number of carbonyl (C=O) groups is 1. The Bertz CT molecular complexity index is 1600. The highest BCUT2D eigenvalue weighted by molar-refractivity contribution is 5.95. The Morgan fingerprint density at radius 2 is 1.98 bits per heavy atom. The fourth-order valence-electron chi connectivity index (χ4n) is 3.89. The van der Waals surface area contributed by atoms with Gasteiger partial charge < -0.3 is 31.0 Å². The lowest BCUT2D eigenvalue weighted by Crippen LogP contribution is -2.18. The number of hydrogen-bond donors (Lipinski definition) is 5. The summed E-state index contributed by atoms with van der Waals surface area (Å²) in [5.74, 6) is -0.952. The normalized spacial score (nSPS) is 11.5. The lowest BCUT2D eigenvalue weighted by atomic mass is 10.0. The molecule has 0 aliphatic heterocycles. The molecule has 4 aromatic rings. The van der Waals surface area contributed by atoms with Crippen LogP contribution in [0.2, 0.25) is 0 Å². The van der Waals surface area contributed by atoms with Gasteiger partial charge in [0.05, 0.1) is 26.0 Å². The van der Waals surface area contributed by atoms with Crippen LogP contribution < -0.4 is 31.9 Å². The Balaban J connectivity index is 1.76. The molecule has 2 heterocycles. The number of benzene rings is 2. The lowest BCUT2D eigenvalue weighted by Gasteiger charge is -2.21. The number of nitrogens with two attached hydrogens (primary N) is 2. The van der Waals surface area contributed by atoms with Crippen molar-refractivity contribution in [2.45, 2.75) is 19.4 Å². The van der Waals surface area contributed by atoms with Gasteiger partial charge in [0, 0.05) is 42.4 Å². The molecule has 13 nitrogen and oxygen atoms in total. The summed E-state index contributed by atoms with van der Waals surface area (Å²) in [5.41, 5.74) is 12.2. The number of ether oxygens (including phenoxy) is 3. The van der Waals surface area contributed by atoms with E-state index in [-0.39, 0.29) is 53.4 Å². The molecule has 0 bridgehead atoms. The van der Waals surface area contributed by atoms with Crippen molar-refractivity contribution in [3.63, 3.8) is 0 Å². The smallest absolute Gasteiger partial charge is 0.349 e. The van der Waals surface area contributed by atoms with Gasteiger partial charge in [-0.05, 0) is 42.5 Å². The van der Waals surface area contributed by atoms with Crippen LogP contribution in [0.5, 0.6) is 11.5 Å². The third-order valence-corrected chi connectivity index (χ3v) is 5.87. The monoisotopic (exact) mass is 564 g/mol. The number of pyridine rings is 1. The third kappa shape index (κ3) is 6.79. The van der Waals surface area contributed by atoms with Gasteiger partial charge >= 0.3 is 11.7 Å². The summed E-state index contributed by atoms with van der Waals surface area (Å²) in [4.78, 5) is 30.7. The second-order valence-corrected chi connectivity index (χ2v) is 8.78. The SMILES string of the molecule is COc1cc(OCCCOC(C)=O)c(F)c(C(Nc2ccc(C(=N)N)cc2)c2nn(-c3ncccc3N)c(=O)[nH]2)c1. The quantitative estimate of drug-likeness (QED) is 0.0738. The summed E-state index contributed by atoms with van der Waals surface area (Å²) in [7, 11) is 1.42. The number of halogens is 1. The molecule has 1 unspecified atom stereocenters. The summed E-state index contributed by atoms with van der Waals surface area (Å²) in [6, 6.07) is 11.5. The van der Waals surface area contributed by atoms with Gasteiger partial charge in [0.15, 0.2) is 23.2 Å². The molecule has 0 fully saturated rings. The number of hydrogen-bond acceptors (Lipinski definition) is 10. The van der Waals surface area contributed by atoms with Crippen LogP contribution in [0.25, 0.3) is 5.82 Å². The molecular weight excluding hydrogens is 535 g/mol. The first-order chi connectivity index (χ1) is 19.7. The number of anilines is 2. The zero-order valence-electron chi connectivity index (χ0n) is 22.3. The average Bonchev–Trinajstić information content (AvgIpc) is 3.33. The van der Waals surface area contributed by atoms with Gasteiger partial charge in [-0.25, -0.2) is 14.2 Å². The van der Waals surface area contributed by atoms with Gasteiger partial charge in [0.2, 0.25) is 0 Å². The van der Waals surface area contributed by atoms with Crippen LogP contribution >= 0.6 is 0 Å². The molecular formula is C27H29FN8O5. The van der Waals surface area contributed by atoms with Crippen molar-refractivity contribution in [2.75, 3.05) is 31.4 Å². The molecule has 0 spiro atoms. The van der Waals surface area contributed by atoms with E-state index in [4.69, 9.17) is 31.1 Å². The van der Waals surface area contributed by atoms with E-state index in [2.05, 4.69) is 20.4 Å². The van der Waals surface area contributed by atoms with E-state index < -0.39 is 23.5 Å². The summed E-state index contributed by atoms with van der Waals surface area (Å²) in [6.45, 7) is 1.47. The Labute approximate surface area is 233 Å². The van der Waals surface area contributed by atoms with Gasteiger partial charge in [-0.15, -0.1) is 5.10 Å². The van der Waals surface area contributed by atoms with Crippen molar-refractivity contribution in [1.29, 1.82) is 5.41 Å². The van der Waals surface area contributed by atoms with Crippen LogP contribution in [0.1, 0.15) is 36.3 Å². The second kappa shape index (κ2) is 12.6. The molecule has 2 aromatic carbocycles. The van der Waals surface area contributed by atoms with E-state index in [1.165, 1.54) is 32.4 Å². The van der Waals surface area contributed by atoms with Crippen molar-refractivity contribution in [3.05, 3.63) is 88.0 Å². The standard InChI is InChI=1S/C27H29FN8O5/c1-15(37)40-11-4-12-41-21-14-18(39-2)13-19(22(21)28)23(33-17-8-6-16(7-9-17)24(30)31)25-34-27(38)36(35-25)26-20(29)5-3-10-32-26/h3,5-10,13-14,23,33H,4,11-12,29H2,1-2H3,(H3,30,31)(H,34,35,38). The fourth-order valence-corrected chi connectivity index (χ4v) is 3.89. The summed E-state index contributed by atoms with van der Waals surface area (Å²) < 4.78 is 33.0. The maximum absolute atomic E-state index is 16.0. The predicted octanol–water partition coefficient (Wildman–Crippen LogP) is 2.50. The Hall–Kier alpha value is -5.40. The molecule has 0 aliphatic rings. The Morgan fingerprint density at radius 1 is 1.22 bits per heavy atom. The van der Waals surface area contributed by atoms with Crippen LogP contribution in [0.3, 0.4) is 0 Å². The minimum absolute atomic E-state index is 0.0451.